The third kappa shape index (κ3) is 2.12. The lowest BCUT2D eigenvalue weighted by Gasteiger charge is -2.15. The minimum Gasteiger partial charge on any atom is -0.312 e. The van der Waals surface area contributed by atoms with Crippen LogP contribution in [0.2, 0.25) is 0 Å². The second-order valence-corrected chi connectivity index (χ2v) is 5.43. The summed E-state index contributed by atoms with van der Waals surface area (Å²) in [4.78, 5) is 0. The normalized spacial score (nSPS) is 13.9. The molecule has 0 bridgehead atoms. The van der Waals surface area contributed by atoms with E-state index in [1.165, 1.54) is 11.8 Å². The first-order valence-corrected chi connectivity index (χ1v) is 7.46. The lowest BCUT2D eigenvalue weighted by atomic mass is 10.0. The van der Waals surface area contributed by atoms with Crippen molar-refractivity contribution in [3.05, 3.63) is 71.7 Å². The van der Waals surface area contributed by atoms with Gasteiger partial charge in [0.25, 0.3) is 0 Å². The minimum atomic E-state index is -0.228. The minimum absolute atomic E-state index is 0.228. The van der Waals surface area contributed by atoms with Gasteiger partial charge in [0.05, 0.1) is 11.4 Å². The van der Waals surface area contributed by atoms with Gasteiger partial charge in [0.1, 0.15) is 11.5 Å². The molecule has 0 amide bonds. The van der Waals surface area contributed by atoms with Gasteiger partial charge in [-0.1, -0.05) is 30.3 Å². The van der Waals surface area contributed by atoms with Gasteiger partial charge in [-0.05, 0) is 24.3 Å². The van der Waals surface area contributed by atoms with Crippen LogP contribution in [0.15, 0.2) is 54.6 Å². The van der Waals surface area contributed by atoms with E-state index in [0.717, 1.165) is 36.5 Å². The van der Waals surface area contributed by atoms with Gasteiger partial charge >= 0.3 is 0 Å². The molecule has 3 aromatic rings. The molecule has 4 rings (SSSR count). The first kappa shape index (κ1) is 13.2. The van der Waals surface area contributed by atoms with Crippen molar-refractivity contribution in [3.8, 4) is 16.9 Å². The Morgan fingerprint density at radius 2 is 1.77 bits per heavy atom. The van der Waals surface area contributed by atoms with E-state index in [4.69, 9.17) is 5.10 Å². The molecule has 0 aliphatic carbocycles. The van der Waals surface area contributed by atoms with Crippen LogP contribution in [0, 0.1) is 5.82 Å². The number of rotatable bonds is 2. The molecule has 2 heterocycles. The van der Waals surface area contributed by atoms with Gasteiger partial charge in [-0.15, -0.1) is 0 Å². The van der Waals surface area contributed by atoms with Gasteiger partial charge in [-0.2, -0.15) is 5.10 Å². The predicted octanol–water partition coefficient (Wildman–Crippen LogP) is 3.32. The number of hydrogen-bond acceptors (Lipinski definition) is 2. The largest absolute Gasteiger partial charge is 0.312 e. The maximum Gasteiger partial charge on any atom is 0.132 e. The maximum absolute atomic E-state index is 14.2. The predicted molar refractivity (Wildman–Crippen MR) is 84.4 cm³/mol. The molecular formula is C18H16FN3. The van der Waals surface area contributed by atoms with Crippen LogP contribution >= 0.6 is 0 Å². The standard InChI is InChI=1S/C18H16FN3/c19-16-9-5-4-8-14(16)18-15-12-20-11-10-17(15)22(21-18)13-6-2-1-3-7-13/h1-9,20H,10-12H2. The fourth-order valence-electron chi connectivity index (χ4n) is 3.00. The number of halogens is 1. The number of aromatic nitrogens is 2. The van der Waals surface area contributed by atoms with Crippen molar-refractivity contribution in [1.29, 1.82) is 0 Å². The van der Waals surface area contributed by atoms with E-state index in [1.807, 2.05) is 41.1 Å². The molecule has 1 aliphatic heterocycles. The molecule has 0 unspecified atom stereocenters. The van der Waals surface area contributed by atoms with Crippen molar-refractivity contribution in [3.63, 3.8) is 0 Å². The summed E-state index contributed by atoms with van der Waals surface area (Å²) in [5.41, 5.74) is 4.59. The highest BCUT2D eigenvalue weighted by Gasteiger charge is 2.23. The molecule has 1 aliphatic rings. The summed E-state index contributed by atoms with van der Waals surface area (Å²) in [6, 6.07) is 16.9. The summed E-state index contributed by atoms with van der Waals surface area (Å²) < 4.78 is 16.1. The van der Waals surface area contributed by atoms with Crippen LogP contribution in [0.3, 0.4) is 0 Å². The van der Waals surface area contributed by atoms with Crippen LogP contribution < -0.4 is 5.32 Å². The highest BCUT2D eigenvalue weighted by atomic mass is 19.1. The average molecular weight is 293 g/mol. The molecule has 0 spiro atoms. The van der Waals surface area contributed by atoms with E-state index >= 15 is 0 Å². The molecule has 0 fully saturated rings. The smallest absolute Gasteiger partial charge is 0.132 e. The zero-order chi connectivity index (χ0) is 14.9. The van der Waals surface area contributed by atoms with Gasteiger partial charge in [0, 0.05) is 30.6 Å². The molecule has 1 N–H and O–H groups in total. The van der Waals surface area contributed by atoms with Crippen molar-refractivity contribution in [1.82, 2.24) is 15.1 Å². The lowest BCUT2D eigenvalue weighted by molar-refractivity contribution is 0.621. The molecule has 110 valence electrons. The highest BCUT2D eigenvalue weighted by Crippen LogP contribution is 2.30. The molecule has 0 atom stereocenters. The Kier molecular flexibility index (Phi) is 3.24. The number of para-hydroxylation sites is 1. The molecule has 0 saturated heterocycles. The molecule has 2 aromatic carbocycles. The van der Waals surface area contributed by atoms with E-state index < -0.39 is 0 Å². The van der Waals surface area contributed by atoms with Crippen LogP contribution in [0.1, 0.15) is 11.3 Å². The summed E-state index contributed by atoms with van der Waals surface area (Å²) in [5.74, 6) is -0.228. The Morgan fingerprint density at radius 3 is 2.59 bits per heavy atom. The molecular weight excluding hydrogens is 277 g/mol. The fourth-order valence-corrected chi connectivity index (χ4v) is 3.00. The third-order valence-electron chi connectivity index (χ3n) is 4.06. The zero-order valence-corrected chi connectivity index (χ0v) is 12.1. The van der Waals surface area contributed by atoms with Crippen LogP contribution in [0.25, 0.3) is 16.9 Å². The monoisotopic (exact) mass is 293 g/mol. The van der Waals surface area contributed by atoms with Crippen LogP contribution in [-0.2, 0) is 13.0 Å². The Morgan fingerprint density at radius 1 is 1.00 bits per heavy atom. The van der Waals surface area contributed by atoms with Gasteiger partial charge in [0.2, 0.25) is 0 Å². The van der Waals surface area contributed by atoms with Crippen molar-refractivity contribution >= 4 is 0 Å². The quantitative estimate of drug-likeness (QED) is 0.785. The van der Waals surface area contributed by atoms with Crippen molar-refractivity contribution in [2.75, 3.05) is 6.54 Å². The Hall–Kier alpha value is -2.46. The fraction of sp³-hybridized carbons (Fsp3) is 0.167. The molecule has 0 saturated carbocycles. The van der Waals surface area contributed by atoms with Crippen molar-refractivity contribution in [2.24, 2.45) is 0 Å². The van der Waals surface area contributed by atoms with Gasteiger partial charge in [-0.3, -0.25) is 0 Å². The zero-order valence-electron chi connectivity index (χ0n) is 12.1. The summed E-state index contributed by atoms with van der Waals surface area (Å²) in [6.45, 7) is 1.65. The summed E-state index contributed by atoms with van der Waals surface area (Å²) in [5, 5.41) is 8.09. The van der Waals surface area contributed by atoms with E-state index in [1.54, 1.807) is 12.1 Å². The van der Waals surface area contributed by atoms with Crippen LogP contribution in [-0.4, -0.2) is 16.3 Å². The average Bonchev–Trinajstić information content (AvgIpc) is 2.96. The number of nitrogens with one attached hydrogen (secondary N) is 1. The topological polar surface area (TPSA) is 29.9 Å². The molecule has 22 heavy (non-hydrogen) atoms. The number of fused-ring (bicyclic) bond motifs is 1. The lowest BCUT2D eigenvalue weighted by Crippen LogP contribution is -2.24. The van der Waals surface area contributed by atoms with Gasteiger partial charge < -0.3 is 5.32 Å². The van der Waals surface area contributed by atoms with E-state index in [-0.39, 0.29) is 5.82 Å². The van der Waals surface area contributed by atoms with Crippen molar-refractivity contribution < 1.29 is 4.39 Å². The molecule has 0 radical (unpaired) electrons. The molecule has 3 nitrogen and oxygen atoms in total. The number of nitrogens with zero attached hydrogens (tertiary/aromatic N) is 2. The van der Waals surface area contributed by atoms with Crippen LogP contribution in [0.4, 0.5) is 4.39 Å². The second-order valence-electron chi connectivity index (χ2n) is 5.43. The summed E-state index contributed by atoms with van der Waals surface area (Å²) in [6.07, 6.45) is 0.895. The Balaban J connectivity index is 1.94. The number of hydrogen-bond donors (Lipinski definition) is 1. The third-order valence-corrected chi connectivity index (χ3v) is 4.06. The van der Waals surface area contributed by atoms with E-state index in [2.05, 4.69) is 5.32 Å². The first-order valence-electron chi connectivity index (χ1n) is 7.46. The number of benzene rings is 2. The van der Waals surface area contributed by atoms with Crippen molar-refractivity contribution in [2.45, 2.75) is 13.0 Å². The summed E-state index contributed by atoms with van der Waals surface area (Å²) in [7, 11) is 0. The Labute approximate surface area is 128 Å². The highest BCUT2D eigenvalue weighted by molar-refractivity contribution is 5.66. The van der Waals surface area contributed by atoms with E-state index in [9.17, 15) is 4.39 Å². The van der Waals surface area contributed by atoms with E-state index in [0.29, 0.717) is 5.56 Å². The maximum atomic E-state index is 14.2. The summed E-state index contributed by atoms with van der Waals surface area (Å²) >= 11 is 0. The SMILES string of the molecule is Fc1ccccc1-c1nn(-c2ccccc2)c2c1CNCC2. The second kappa shape index (κ2) is 5.39. The van der Waals surface area contributed by atoms with Gasteiger partial charge in [-0.25, -0.2) is 9.07 Å². The Bertz CT molecular complexity index is 808. The molecule has 4 heteroatoms. The van der Waals surface area contributed by atoms with Gasteiger partial charge in [0.15, 0.2) is 0 Å². The first-order chi connectivity index (χ1) is 10.8. The molecule has 1 aromatic heterocycles. The van der Waals surface area contributed by atoms with Crippen LogP contribution in [0.5, 0.6) is 0 Å².